The Balaban J connectivity index is 2.21. The first-order valence-corrected chi connectivity index (χ1v) is 7.03. The van der Waals surface area contributed by atoms with E-state index in [1.807, 2.05) is 39.8 Å². The van der Waals surface area contributed by atoms with Crippen molar-refractivity contribution in [2.24, 2.45) is 0 Å². The molecule has 1 fully saturated rings. The smallest absolute Gasteiger partial charge is 0.399 e. The molecule has 5 heteroatoms. The van der Waals surface area contributed by atoms with Crippen LogP contribution in [-0.2, 0) is 15.7 Å². The molecule has 110 valence electrons. The quantitative estimate of drug-likeness (QED) is 0.854. The normalized spacial score (nSPS) is 21.2. The summed E-state index contributed by atoms with van der Waals surface area (Å²) < 4.78 is 12.0. The molecular weight excluding hydrogens is 253 g/mol. The summed E-state index contributed by atoms with van der Waals surface area (Å²) in [6.45, 7) is 11.7. The number of aromatic nitrogens is 1. The van der Waals surface area contributed by atoms with E-state index in [2.05, 4.69) is 4.98 Å². The van der Waals surface area contributed by atoms with E-state index in [-0.39, 0.29) is 18.3 Å². The lowest BCUT2D eigenvalue weighted by atomic mass is 9.79. The molecule has 0 spiro atoms. The number of pyridine rings is 1. The maximum Gasteiger partial charge on any atom is 0.494 e. The topological polar surface area (TPSA) is 51.6 Å². The van der Waals surface area contributed by atoms with E-state index in [1.165, 1.54) is 0 Å². The summed E-state index contributed by atoms with van der Waals surface area (Å²) in [7, 11) is -0.386. The molecule has 20 heavy (non-hydrogen) atoms. The summed E-state index contributed by atoms with van der Waals surface area (Å²) in [6.07, 6.45) is 2.24. The Morgan fingerprint density at radius 1 is 1.20 bits per heavy atom. The van der Waals surface area contributed by atoms with Crippen LogP contribution in [0.15, 0.2) is 18.3 Å². The molecule has 1 N–H and O–H groups in total. The Kier molecular flexibility index (Phi) is 3.74. The van der Waals surface area contributed by atoms with E-state index in [1.54, 1.807) is 20.0 Å². The summed E-state index contributed by atoms with van der Waals surface area (Å²) in [5, 5.41) is 9.89. The van der Waals surface area contributed by atoms with E-state index in [0.717, 1.165) is 11.2 Å². The van der Waals surface area contributed by atoms with Crippen LogP contribution < -0.4 is 5.46 Å². The minimum Gasteiger partial charge on any atom is -0.399 e. The average molecular weight is 277 g/mol. The van der Waals surface area contributed by atoms with Gasteiger partial charge >= 0.3 is 7.12 Å². The van der Waals surface area contributed by atoms with E-state index in [4.69, 9.17) is 9.31 Å². The fraction of sp³-hybridized carbons (Fsp3) is 0.667. The van der Waals surface area contributed by atoms with Crippen molar-refractivity contribution in [3.63, 3.8) is 0 Å². The molecule has 0 saturated carbocycles. The molecule has 0 unspecified atom stereocenters. The predicted molar refractivity (Wildman–Crippen MR) is 80.0 cm³/mol. The SMILES string of the molecule is CC(C)(O)Cc1cc(B2OC(C)(C)C(C)(C)O2)ccn1. The number of rotatable bonds is 3. The summed E-state index contributed by atoms with van der Waals surface area (Å²) >= 11 is 0. The first-order chi connectivity index (χ1) is 9.00. The van der Waals surface area contributed by atoms with Gasteiger partial charge in [0.15, 0.2) is 0 Å². The molecule has 0 atom stereocenters. The highest BCUT2D eigenvalue weighted by atomic mass is 16.7. The van der Waals surface area contributed by atoms with E-state index in [9.17, 15) is 5.11 Å². The molecular formula is C15H24BNO3. The van der Waals surface area contributed by atoms with Crippen LogP contribution in [0.3, 0.4) is 0 Å². The fourth-order valence-electron chi connectivity index (χ4n) is 2.16. The van der Waals surface area contributed by atoms with Gasteiger partial charge in [0.2, 0.25) is 0 Å². The van der Waals surface area contributed by atoms with E-state index < -0.39 is 5.60 Å². The number of aliphatic hydroxyl groups is 1. The maximum atomic E-state index is 9.89. The highest BCUT2D eigenvalue weighted by Gasteiger charge is 2.51. The lowest BCUT2D eigenvalue weighted by molar-refractivity contribution is 0.00578. The second kappa shape index (κ2) is 4.83. The van der Waals surface area contributed by atoms with Crippen LogP contribution in [0.4, 0.5) is 0 Å². The zero-order chi connectivity index (χ0) is 15.2. The van der Waals surface area contributed by atoms with Crippen LogP contribution >= 0.6 is 0 Å². The lowest BCUT2D eigenvalue weighted by Gasteiger charge is -2.32. The fourth-order valence-corrected chi connectivity index (χ4v) is 2.16. The van der Waals surface area contributed by atoms with Crippen LogP contribution in [0.5, 0.6) is 0 Å². The minimum absolute atomic E-state index is 0.350. The summed E-state index contributed by atoms with van der Waals surface area (Å²) in [5.74, 6) is 0. The van der Waals surface area contributed by atoms with Gasteiger partial charge in [-0.3, -0.25) is 4.98 Å². The van der Waals surface area contributed by atoms with Crippen molar-refractivity contribution in [2.45, 2.75) is 64.8 Å². The Bertz CT molecular complexity index is 478. The van der Waals surface area contributed by atoms with Crippen molar-refractivity contribution in [3.8, 4) is 0 Å². The summed E-state index contributed by atoms with van der Waals surface area (Å²) in [5.41, 5.74) is 0.304. The Morgan fingerprint density at radius 3 is 2.25 bits per heavy atom. The number of hydrogen-bond donors (Lipinski definition) is 1. The molecule has 1 saturated heterocycles. The Labute approximate surface area is 121 Å². The maximum absolute atomic E-state index is 9.89. The Hall–Kier alpha value is -0.905. The van der Waals surface area contributed by atoms with Crippen LogP contribution in [-0.4, -0.2) is 34.0 Å². The van der Waals surface area contributed by atoms with Gasteiger partial charge in [0.05, 0.1) is 16.8 Å². The summed E-state index contributed by atoms with van der Waals surface area (Å²) in [6, 6.07) is 3.84. The molecule has 1 aromatic heterocycles. The first kappa shape index (κ1) is 15.5. The van der Waals surface area contributed by atoms with Gasteiger partial charge in [0.1, 0.15) is 0 Å². The molecule has 1 aliphatic rings. The Morgan fingerprint density at radius 2 is 1.75 bits per heavy atom. The van der Waals surface area contributed by atoms with E-state index in [0.29, 0.717) is 6.42 Å². The van der Waals surface area contributed by atoms with Gasteiger partial charge in [-0.15, -0.1) is 0 Å². The van der Waals surface area contributed by atoms with Crippen LogP contribution in [0.2, 0.25) is 0 Å². The molecule has 0 radical (unpaired) electrons. The van der Waals surface area contributed by atoms with Crippen LogP contribution in [0.25, 0.3) is 0 Å². The minimum atomic E-state index is -0.776. The van der Waals surface area contributed by atoms with Crippen molar-refractivity contribution in [1.82, 2.24) is 4.98 Å². The van der Waals surface area contributed by atoms with Crippen molar-refractivity contribution in [2.75, 3.05) is 0 Å². The highest BCUT2D eigenvalue weighted by molar-refractivity contribution is 6.62. The predicted octanol–water partition coefficient (Wildman–Crippen LogP) is 1.69. The zero-order valence-corrected chi connectivity index (χ0v) is 13.2. The van der Waals surface area contributed by atoms with Gasteiger partial charge < -0.3 is 14.4 Å². The standard InChI is InChI=1S/C15H24BNO3/c1-13(2,18)10-12-9-11(7-8-17-12)16-19-14(3,4)15(5,6)20-16/h7-9,18H,10H2,1-6H3. The van der Waals surface area contributed by atoms with Gasteiger partial charge in [0, 0.05) is 18.3 Å². The molecule has 0 aromatic carbocycles. The van der Waals surface area contributed by atoms with Crippen molar-refractivity contribution < 1.29 is 14.4 Å². The first-order valence-electron chi connectivity index (χ1n) is 7.03. The zero-order valence-electron chi connectivity index (χ0n) is 13.2. The molecule has 1 aliphatic heterocycles. The molecule has 4 nitrogen and oxygen atoms in total. The third-order valence-corrected chi connectivity index (χ3v) is 3.98. The largest absolute Gasteiger partial charge is 0.494 e. The summed E-state index contributed by atoms with van der Waals surface area (Å²) in [4.78, 5) is 4.30. The molecule has 2 heterocycles. The van der Waals surface area contributed by atoms with Gasteiger partial charge in [-0.05, 0) is 59.1 Å². The molecule has 0 bridgehead atoms. The molecule has 2 rings (SSSR count). The van der Waals surface area contributed by atoms with Gasteiger partial charge in [-0.25, -0.2) is 0 Å². The van der Waals surface area contributed by atoms with Gasteiger partial charge in [-0.2, -0.15) is 0 Å². The number of hydrogen-bond acceptors (Lipinski definition) is 4. The van der Waals surface area contributed by atoms with Crippen LogP contribution in [0, 0.1) is 0 Å². The van der Waals surface area contributed by atoms with Crippen molar-refractivity contribution in [1.29, 1.82) is 0 Å². The monoisotopic (exact) mass is 277 g/mol. The third kappa shape index (κ3) is 3.22. The molecule has 0 aliphatic carbocycles. The second-order valence-electron chi connectivity index (χ2n) is 7.16. The van der Waals surface area contributed by atoms with Gasteiger partial charge in [-0.1, -0.05) is 0 Å². The van der Waals surface area contributed by atoms with Crippen molar-refractivity contribution in [3.05, 3.63) is 24.0 Å². The lowest BCUT2D eigenvalue weighted by Crippen LogP contribution is -2.41. The van der Waals surface area contributed by atoms with Crippen molar-refractivity contribution >= 4 is 12.6 Å². The average Bonchev–Trinajstić information content (AvgIpc) is 2.46. The molecule has 0 amide bonds. The number of nitrogens with zero attached hydrogens (tertiary/aromatic N) is 1. The van der Waals surface area contributed by atoms with Gasteiger partial charge in [0.25, 0.3) is 0 Å². The second-order valence-corrected chi connectivity index (χ2v) is 7.16. The third-order valence-electron chi connectivity index (χ3n) is 3.98. The van der Waals surface area contributed by atoms with E-state index >= 15 is 0 Å². The highest BCUT2D eigenvalue weighted by Crippen LogP contribution is 2.36. The van der Waals surface area contributed by atoms with Crippen LogP contribution in [0.1, 0.15) is 47.2 Å². The molecule has 1 aromatic rings.